The van der Waals surface area contributed by atoms with Gasteiger partial charge in [0.25, 0.3) is 5.56 Å². The Kier molecular flexibility index (Phi) is 5.27. The first kappa shape index (κ1) is 18.0. The van der Waals surface area contributed by atoms with E-state index in [1.807, 2.05) is 0 Å². The molecule has 0 spiro atoms. The van der Waals surface area contributed by atoms with Gasteiger partial charge >= 0.3 is 6.18 Å². The van der Waals surface area contributed by atoms with E-state index in [0.717, 1.165) is 17.8 Å². The third kappa shape index (κ3) is 4.34. The van der Waals surface area contributed by atoms with E-state index in [2.05, 4.69) is 20.5 Å². The zero-order valence-electron chi connectivity index (χ0n) is 12.6. The molecule has 0 aliphatic heterocycles. The van der Waals surface area contributed by atoms with E-state index in [1.165, 1.54) is 32.0 Å². The summed E-state index contributed by atoms with van der Waals surface area (Å²) in [6.45, 7) is 2.96. The van der Waals surface area contributed by atoms with Crippen LogP contribution in [0.25, 0.3) is 0 Å². The number of rotatable bonds is 4. The number of benzene rings is 1. The molecule has 0 radical (unpaired) electrons. The van der Waals surface area contributed by atoms with E-state index >= 15 is 0 Å². The highest BCUT2D eigenvalue weighted by Gasteiger charge is 2.33. The molecule has 24 heavy (non-hydrogen) atoms. The Labute approximate surface area is 138 Å². The fraction of sp³-hybridized carbons (Fsp3) is 0.286. The minimum absolute atomic E-state index is 0.109. The van der Waals surface area contributed by atoms with Gasteiger partial charge in [-0.05, 0) is 26.0 Å². The fourth-order valence-corrected chi connectivity index (χ4v) is 2.47. The Balaban J connectivity index is 2.12. The number of alkyl halides is 3. The summed E-state index contributed by atoms with van der Waals surface area (Å²) in [5, 5.41) is 8.91. The fourth-order valence-electron chi connectivity index (χ4n) is 1.73. The number of aryl methyl sites for hydroxylation is 1. The van der Waals surface area contributed by atoms with E-state index < -0.39 is 28.5 Å². The van der Waals surface area contributed by atoms with E-state index in [9.17, 15) is 22.8 Å². The second-order valence-electron chi connectivity index (χ2n) is 4.84. The Morgan fingerprint density at radius 3 is 2.58 bits per heavy atom. The van der Waals surface area contributed by atoms with Crippen molar-refractivity contribution >= 4 is 23.4 Å². The number of anilines is 1. The summed E-state index contributed by atoms with van der Waals surface area (Å²) >= 11 is 0.885. The number of nitrogens with one attached hydrogen (secondary N) is 2. The average Bonchev–Trinajstić information content (AvgIpc) is 2.50. The molecule has 1 unspecified atom stereocenters. The molecule has 6 nitrogen and oxygen atoms in total. The monoisotopic (exact) mass is 358 g/mol. The van der Waals surface area contributed by atoms with Crippen molar-refractivity contribution in [2.75, 3.05) is 5.32 Å². The molecule has 2 aromatic rings. The highest BCUT2D eigenvalue weighted by Crippen LogP contribution is 2.34. The van der Waals surface area contributed by atoms with Crippen molar-refractivity contribution in [3.63, 3.8) is 0 Å². The van der Waals surface area contributed by atoms with Crippen LogP contribution in [0.5, 0.6) is 0 Å². The Bertz CT molecular complexity index is 807. The number of nitrogens with zero attached hydrogens (tertiary/aromatic N) is 2. The van der Waals surface area contributed by atoms with Crippen molar-refractivity contribution < 1.29 is 18.0 Å². The zero-order valence-corrected chi connectivity index (χ0v) is 13.5. The maximum Gasteiger partial charge on any atom is 0.418 e. The van der Waals surface area contributed by atoms with Crippen molar-refractivity contribution in [2.45, 2.75) is 30.4 Å². The van der Waals surface area contributed by atoms with Gasteiger partial charge in [0.05, 0.1) is 16.5 Å². The Hall–Kier alpha value is -2.36. The molecule has 1 heterocycles. The second-order valence-corrected chi connectivity index (χ2v) is 6.17. The molecule has 1 aromatic carbocycles. The quantitative estimate of drug-likeness (QED) is 0.821. The molecule has 0 saturated heterocycles. The van der Waals surface area contributed by atoms with Crippen LogP contribution in [0.4, 0.5) is 18.9 Å². The van der Waals surface area contributed by atoms with Crippen LogP contribution in [0.1, 0.15) is 18.2 Å². The van der Waals surface area contributed by atoms with E-state index in [1.54, 1.807) is 0 Å². The van der Waals surface area contributed by atoms with Crippen LogP contribution >= 0.6 is 11.8 Å². The molecule has 1 aromatic heterocycles. The van der Waals surface area contributed by atoms with Crippen LogP contribution in [-0.4, -0.2) is 26.3 Å². The Morgan fingerprint density at radius 1 is 1.29 bits per heavy atom. The van der Waals surface area contributed by atoms with Gasteiger partial charge in [0.1, 0.15) is 5.69 Å². The summed E-state index contributed by atoms with van der Waals surface area (Å²) in [7, 11) is 0. The largest absolute Gasteiger partial charge is 0.418 e. The maximum atomic E-state index is 12.9. The van der Waals surface area contributed by atoms with Crippen LogP contribution in [0.15, 0.2) is 34.2 Å². The van der Waals surface area contributed by atoms with Gasteiger partial charge in [-0.1, -0.05) is 23.9 Å². The summed E-state index contributed by atoms with van der Waals surface area (Å²) in [6.07, 6.45) is -4.58. The Morgan fingerprint density at radius 2 is 1.96 bits per heavy atom. The average molecular weight is 358 g/mol. The normalized spacial score (nSPS) is 12.7. The maximum absolute atomic E-state index is 12.9. The summed E-state index contributed by atoms with van der Waals surface area (Å²) < 4.78 is 38.7. The van der Waals surface area contributed by atoms with Crippen molar-refractivity contribution in [3.8, 4) is 0 Å². The SMILES string of the molecule is Cc1nnc(SC(C)C(=O)Nc2ccccc2C(F)(F)F)[nH]c1=O. The predicted molar refractivity (Wildman–Crippen MR) is 82.8 cm³/mol. The van der Waals surface area contributed by atoms with Crippen molar-refractivity contribution in [1.82, 2.24) is 15.2 Å². The lowest BCUT2D eigenvalue weighted by molar-refractivity contribution is -0.137. The molecule has 0 bridgehead atoms. The molecule has 2 N–H and O–H groups in total. The smallest absolute Gasteiger partial charge is 0.325 e. The topological polar surface area (TPSA) is 87.7 Å². The molecular formula is C14H13F3N4O2S. The first-order valence-electron chi connectivity index (χ1n) is 6.76. The first-order valence-corrected chi connectivity index (χ1v) is 7.64. The lowest BCUT2D eigenvalue weighted by Gasteiger charge is -2.15. The number of thioether (sulfide) groups is 1. The molecule has 2 rings (SSSR count). The number of hydrogen-bond donors (Lipinski definition) is 2. The van der Waals surface area contributed by atoms with Gasteiger partial charge in [-0.3, -0.25) is 14.6 Å². The lowest BCUT2D eigenvalue weighted by Crippen LogP contribution is -2.25. The lowest BCUT2D eigenvalue weighted by atomic mass is 10.1. The van der Waals surface area contributed by atoms with Crippen molar-refractivity contribution in [3.05, 3.63) is 45.9 Å². The third-order valence-corrected chi connectivity index (χ3v) is 3.96. The van der Waals surface area contributed by atoms with E-state index in [4.69, 9.17) is 0 Å². The molecule has 128 valence electrons. The highest BCUT2D eigenvalue weighted by atomic mass is 32.2. The van der Waals surface area contributed by atoms with Gasteiger partial charge in [0.2, 0.25) is 5.91 Å². The minimum atomic E-state index is -4.58. The highest BCUT2D eigenvalue weighted by molar-refractivity contribution is 8.00. The van der Waals surface area contributed by atoms with E-state index in [-0.39, 0.29) is 16.5 Å². The number of carbonyl (C=O) groups is 1. The molecule has 0 saturated carbocycles. The molecule has 0 aliphatic carbocycles. The zero-order chi connectivity index (χ0) is 17.9. The summed E-state index contributed by atoms with van der Waals surface area (Å²) in [5.74, 6) is -0.653. The van der Waals surface area contributed by atoms with Gasteiger partial charge in [-0.15, -0.1) is 10.2 Å². The number of amides is 1. The first-order chi connectivity index (χ1) is 11.2. The van der Waals surface area contributed by atoms with Gasteiger partial charge in [-0.25, -0.2) is 0 Å². The summed E-state index contributed by atoms with van der Waals surface area (Å²) in [5.41, 5.74) is -1.52. The number of carbonyl (C=O) groups excluding carboxylic acids is 1. The number of aromatic nitrogens is 3. The number of H-pyrrole nitrogens is 1. The molecule has 1 atom stereocenters. The van der Waals surface area contributed by atoms with Crippen LogP contribution in [0.2, 0.25) is 0 Å². The van der Waals surface area contributed by atoms with Gasteiger partial charge in [0.15, 0.2) is 5.16 Å². The predicted octanol–water partition coefficient (Wildman–Crippen LogP) is 2.61. The second kappa shape index (κ2) is 7.04. The van der Waals surface area contributed by atoms with Gasteiger partial charge in [0, 0.05) is 0 Å². The van der Waals surface area contributed by atoms with E-state index in [0.29, 0.717) is 0 Å². The third-order valence-electron chi connectivity index (χ3n) is 2.99. The summed E-state index contributed by atoms with van der Waals surface area (Å²) in [6, 6.07) is 4.69. The summed E-state index contributed by atoms with van der Waals surface area (Å²) in [4.78, 5) is 26.0. The minimum Gasteiger partial charge on any atom is -0.325 e. The number of aromatic amines is 1. The molecule has 10 heteroatoms. The van der Waals surface area contributed by atoms with Crippen LogP contribution in [0, 0.1) is 6.92 Å². The van der Waals surface area contributed by atoms with Crippen LogP contribution in [-0.2, 0) is 11.0 Å². The molecule has 0 fully saturated rings. The number of halogens is 3. The molecular weight excluding hydrogens is 345 g/mol. The van der Waals surface area contributed by atoms with Crippen LogP contribution in [0.3, 0.4) is 0 Å². The number of para-hydroxylation sites is 1. The molecule has 1 amide bonds. The standard InChI is InChI=1S/C14H13F3N4O2S/c1-7-11(22)19-13(21-20-7)24-8(2)12(23)18-10-6-4-3-5-9(10)14(15,16)17/h3-6,8H,1-2H3,(H,18,23)(H,19,21,22). The molecule has 0 aliphatic rings. The van der Waals surface area contributed by atoms with Crippen LogP contribution < -0.4 is 10.9 Å². The van der Waals surface area contributed by atoms with Crippen molar-refractivity contribution in [2.24, 2.45) is 0 Å². The number of hydrogen-bond acceptors (Lipinski definition) is 5. The van der Waals surface area contributed by atoms with Crippen molar-refractivity contribution in [1.29, 1.82) is 0 Å². The van der Waals surface area contributed by atoms with Gasteiger partial charge < -0.3 is 5.32 Å². The van der Waals surface area contributed by atoms with Gasteiger partial charge in [-0.2, -0.15) is 13.2 Å².